The summed E-state index contributed by atoms with van der Waals surface area (Å²) in [4.78, 5) is 49.6. The van der Waals surface area contributed by atoms with E-state index in [2.05, 4.69) is 16.1 Å². The van der Waals surface area contributed by atoms with Gasteiger partial charge in [-0.05, 0) is 37.1 Å². The maximum absolute atomic E-state index is 13.5. The Hall–Kier alpha value is -5.30. The molecule has 1 saturated heterocycles. The zero-order valence-corrected chi connectivity index (χ0v) is 25.7. The number of likely N-dealkylation sites (tertiary alicyclic amines) is 1. The lowest BCUT2D eigenvalue weighted by atomic mass is 9.92. The summed E-state index contributed by atoms with van der Waals surface area (Å²) >= 11 is 0. The van der Waals surface area contributed by atoms with Crippen LogP contribution in [0, 0.1) is 5.92 Å². The smallest absolute Gasteiger partial charge is 0.284 e. The molecular weight excluding hydrogens is 586 g/mol. The van der Waals surface area contributed by atoms with Crippen molar-refractivity contribution < 1.29 is 14.3 Å². The minimum absolute atomic E-state index is 0.0296. The number of anilines is 1. The predicted octanol–water partition coefficient (Wildman–Crippen LogP) is 2.91. The number of hydrogen-bond donors (Lipinski definition) is 2. The average Bonchev–Trinajstić information content (AvgIpc) is 3.61. The summed E-state index contributed by atoms with van der Waals surface area (Å²) in [7, 11) is 0. The molecule has 1 unspecified atom stereocenters. The van der Waals surface area contributed by atoms with Gasteiger partial charge in [0.15, 0.2) is 5.82 Å². The molecule has 46 heavy (non-hydrogen) atoms. The van der Waals surface area contributed by atoms with E-state index in [0.29, 0.717) is 54.7 Å². The van der Waals surface area contributed by atoms with Gasteiger partial charge < -0.3 is 21.1 Å². The van der Waals surface area contributed by atoms with Crippen molar-refractivity contribution in [3.05, 3.63) is 94.1 Å². The van der Waals surface area contributed by atoms with E-state index in [0.717, 1.165) is 29.7 Å². The van der Waals surface area contributed by atoms with E-state index < -0.39 is 17.6 Å². The summed E-state index contributed by atoms with van der Waals surface area (Å²) in [6.07, 6.45) is 4.03. The normalized spacial score (nSPS) is 17.0. The van der Waals surface area contributed by atoms with Gasteiger partial charge in [0.1, 0.15) is 23.5 Å². The fourth-order valence-corrected chi connectivity index (χ4v) is 6.75. The quantitative estimate of drug-likeness (QED) is 0.292. The molecule has 4 N–H and O–H groups in total. The summed E-state index contributed by atoms with van der Waals surface area (Å²) in [5, 5.41) is 4.55. The van der Waals surface area contributed by atoms with Gasteiger partial charge in [-0.1, -0.05) is 38.1 Å². The summed E-state index contributed by atoms with van der Waals surface area (Å²) in [5.74, 6) is -0.139. The highest BCUT2D eigenvalue weighted by molar-refractivity contribution is 5.94. The minimum Gasteiger partial charge on any atom is -0.382 e. The van der Waals surface area contributed by atoms with Gasteiger partial charge >= 0.3 is 0 Å². The summed E-state index contributed by atoms with van der Waals surface area (Å²) in [6.45, 7) is 5.90. The fourth-order valence-electron chi connectivity index (χ4n) is 6.75. The number of ether oxygens (including phenoxy) is 1. The molecule has 0 bridgehead atoms. The molecule has 5 aromatic rings. The van der Waals surface area contributed by atoms with Gasteiger partial charge in [0.05, 0.1) is 30.2 Å². The Bertz CT molecular complexity index is 2000. The van der Waals surface area contributed by atoms with Crippen LogP contribution in [0.2, 0.25) is 0 Å². The molecule has 13 heteroatoms. The molecule has 236 valence electrons. The van der Waals surface area contributed by atoms with Crippen LogP contribution in [0.5, 0.6) is 0 Å². The van der Waals surface area contributed by atoms with E-state index >= 15 is 0 Å². The molecule has 4 aromatic heterocycles. The SMILES string of the molecule is CC(C)C(=O)N1CCC(c2cc(-c3ccc(C4OCCn5c4c(C(N)=O)c(=O)n5-c4ccccc4)nc3)c3c(N)ncnn23)CC1. The number of pyridine rings is 1. The van der Waals surface area contributed by atoms with Crippen LogP contribution in [0.1, 0.15) is 66.2 Å². The molecule has 0 spiro atoms. The van der Waals surface area contributed by atoms with Gasteiger partial charge in [0, 0.05) is 47.9 Å². The fraction of sp³-hybridized carbons (Fsp3) is 0.333. The van der Waals surface area contributed by atoms with Crippen molar-refractivity contribution >= 4 is 23.1 Å². The number of rotatable bonds is 6. The molecule has 7 rings (SSSR count). The first-order chi connectivity index (χ1) is 22.2. The van der Waals surface area contributed by atoms with Crippen molar-refractivity contribution in [3.8, 4) is 16.8 Å². The molecule has 1 atom stereocenters. The second kappa shape index (κ2) is 11.6. The topological polar surface area (TPSA) is 169 Å². The Balaban J connectivity index is 1.24. The average molecular weight is 622 g/mol. The maximum Gasteiger partial charge on any atom is 0.284 e. The van der Waals surface area contributed by atoms with Crippen LogP contribution >= 0.6 is 0 Å². The molecule has 1 aromatic carbocycles. The molecule has 0 saturated carbocycles. The number of para-hydroxylation sites is 1. The maximum atomic E-state index is 13.5. The number of hydrogen-bond acceptors (Lipinski definition) is 8. The van der Waals surface area contributed by atoms with Crippen LogP contribution in [0.15, 0.2) is 65.8 Å². The monoisotopic (exact) mass is 621 g/mol. The van der Waals surface area contributed by atoms with Gasteiger partial charge in [0.2, 0.25) is 5.91 Å². The Morgan fingerprint density at radius 3 is 2.46 bits per heavy atom. The van der Waals surface area contributed by atoms with Crippen molar-refractivity contribution in [2.45, 2.75) is 45.3 Å². The van der Waals surface area contributed by atoms with Crippen LogP contribution in [0.25, 0.3) is 22.3 Å². The lowest BCUT2D eigenvalue weighted by molar-refractivity contribution is -0.135. The highest BCUT2D eigenvalue weighted by Gasteiger charge is 2.35. The molecule has 0 aliphatic carbocycles. The van der Waals surface area contributed by atoms with Gasteiger partial charge in [-0.3, -0.25) is 24.0 Å². The Morgan fingerprint density at radius 1 is 1.02 bits per heavy atom. The van der Waals surface area contributed by atoms with Gasteiger partial charge in [-0.2, -0.15) is 5.10 Å². The Morgan fingerprint density at radius 2 is 1.78 bits per heavy atom. The van der Waals surface area contributed by atoms with E-state index in [9.17, 15) is 14.4 Å². The number of nitrogen functional groups attached to an aromatic ring is 1. The van der Waals surface area contributed by atoms with Crippen molar-refractivity contribution in [3.63, 3.8) is 0 Å². The first-order valence-electron chi connectivity index (χ1n) is 15.4. The highest BCUT2D eigenvalue weighted by Crippen LogP contribution is 2.38. The first kappa shape index (κ1) is 29.4. The number of aromatic nitrogens is 6. The number of carbonyl (C=O) groups is 2. The molecule has 2 aliphatic rings. The van der Waals surface area contributed by atoms with E-state index in [1.807, 2.05) is 53.6 Å². The number of amides is 2. The number of primary amides is 1. The standard InChI is InChI=1S/C33H35N9O4/c1-19(2)32(44)39-12-10-20(11-13-39)25-16-23(27-30(34)37-18-38-41(25)27)21-8-9-24(36-17-21)29-28-26(31(35)43)33(45)42(40(28)14-15-46-29)22-6-4-3-5-7-22/h3-9,16-20,29H,10-15H2,1-2H3,(H2,35,43)(H2,34,37,38). The van der Waals surface area contributed by atoms with E-state index in [1.54, 1.807) is 23.0 Å². The van der Waals surface area contributed by atoms with Crippen LogP contribution in [-0.2, 0) is 16.1 Å². The van der Waals surface area contributed by atoms with Crippen molar-refractivity contribution in [2.75, 3.05) is 25.4 Å². The number of fused-ring (bicyclic) bond motifs is 2. The third-order valence-electron chi connectivity index (χ3n) is 8.96. The van der Waals surface area contributed by atoms with Gasteiger partial charge in [-0.15, -0.1) is 0 Å². The lowest BCUT2D eigenvalue weighted by Gasteiger charge is -2.33. The van der Waals surface area contributed by atoms with E-state index in [1.165, 1.54) is 11.0 Å². The number of piperidine rings is 1. The zero-order valence-electron chi connectivity index (χ0n) is 25.7. The molecule has 13 nitrogen and oxygen atoms in total. The third-order valence-corrected chi connectivity index (χ3v) is 8.96. The first-order valence-corrected chi connectivity index (χ1v) is 15.4. The van der Waals surface area contributed by atoms with Gasteiger partial charge in [-0.25, -0.2) is 14.2 Å². The number of nitrogens with zero attached hydrogens (tertiary/aromatic N) is 7. The lowest BCUT2D eigenvalue weighted by Crippen LogP contribution is -2.40. The van der Waals surface area contributed by atoms with Crippen molar-refractivity contribution in [1.82, 2.24) is 33.8 Å². The molecular formula is C33H35N9O4. The highest BCUT2D eigenvalue weighted by atomic mass is 16.5. The zero-order chi connectivity index (χ0) is 32.1. The van der Waals surface area contributed by atoms with Gasteiger partial charge in [0.25, 0.3) is 11.5 Å². The minimum atomic E-state index is -0.821. The van der Waals surface area contributed by atoms with Crippen LogP contribution in [0.3, 0.4) is 0 Å². The van der Waals surface area contributed by atoms with Crippen LogP contribution in [0.4, 0.5) is 5.82 Å². The molecule has 6 heterocycles. The molecule has 2 aliphatic heterocycles. The van der Waals surface area contributed by atoms with E-state index in [-0.39, 0.29) is 23.3 Å². The molecule has 0 radical (unpaired) electrons. The predicted molar refractivity (Wildman–Crippen MR) is 170 cm³/mol. The second-order valence-corrected chi connectivity index (χ2v) is 12.1. The van der Waals surface area contributed by atoms with Crippen molar-refractivity contribution in [2.24, 2.45) is 11.7 Å². The summed E-state index contributed by atoms with van der Waals surface area (Å²) < 4.78 is 11.2. The third kappa shape index (κ3) is 4.83. The Labute approximate surface area is 264 Å². The summed E-state index contributed by atoms with van der Waals surface area (Å²) in [6, 6.07) is 14.9. The number of nitrogens with two attached hydrogens (primary N) is 2. The van der Waals surface area contributed by atoms with Crippen molar-refractivity contribution in [1.29, 1.82) is 0 Å². The van der Waals surface area contributed by atoms with E-state index in [4.69, 9.17) is 21.2 Å². The molecule has 1 fully saturated rings. The molecule has 2 amide bonds. The Kier molecular flexibility index (Phi) is 7.40. The van der Waals surface area contributed by atoms with Crippen LogP contribution < -0.4 is 17.0 Å². The second-order valence-electron chi connectivity index (χ2n) is 12.1. The summed E-state index contributed by atoms with van der Waals surface area (Å²) in [5.41, 5.74) is 16.4. The van der Waals surface area contributed by atoms with Crippen LogP contribution in [-0.4, -0.2) is 65.4 Å². The number of carbonyl (C=O) groups excluding carboxylic acids is 2. The largest absolute Gasteiger partial charge is 0.382 e. The number of benzene rings is 1.